The Hall–Kier alpha value is -2.08. The van der Waals surface area contributed by atoms with Gasteiger partial charge in [0, 0.05) is 7.11 Å². The first-order valence-electron chi connectivity index (χ1n) is 6.96. The van der Waals surface area contributed by atoms with Gasteiger partial charge in [0.1, 0.15) is 0 Å². The summed E-state index contributed by atoms with van der Waals surface area (Å²) in [6, 6.07) is 4.45. The highest BCUT2D eigenvalue weighted by Gasteiger charge is 2.28. The van der Waals surface area contributed by atoms with E-state index in [1.54, 1.807) is 26.2 Å². The summed E-state index contributed by atoms with van der Waals surface area (Å²) in [5.74, 6) is -1.07. The fourth-order valence-corrected chi connectivity index (χ4v) is 2.70. The van der Waals surface area contributed by atoms with Crippen molar-refractivity contribution in [1.82, 2.24) is 5.32 Å². The van der Waals surface area contributed by atoms with Crippen LogP contribution < -0.4 is 10.6 Å². The second kappa shape index (κ2) is 6.58. The van der Waals surface area contributed by atoms with Gasteiger partial charge in [-0.25, -0.2) is 9.59 Å². The quantitative estimate of drug-likeness (QED) is 0.795. The van der Waals surface area contributed by atoms with Crippen molar-refractivity contribution in [3.8, 4) is 0 Å². The highest BCUT2D eigenvalue weighted by atomic mass is 16.5. The number of carbonyl (C=O) groups excluding carboxylic acids is 1. The van der Waals surface area contributed by atoms with E-state index in [0.717, 1.165) is 19.3 Å². The number of ether oxygens (including phenoxy) is 1. The highest BCUT2D eigenvalue weighted by molar-refractivity contribution is 6.01. The SMILES string of the molecule is COC1CCCC1NC(=O)Nc1c(C)cccc1C(=O)O. The van der Waals surface area contributed by atoms with Crippen molar-refractivity contribution in [2.45, 2.75) is 38.3 Å². The van der Waals surface area contributed by atoms with Gasteiger partial charge < -0.3 is 20.5 Å². The van der Waals surface area contributed by atoms with Gasteiger partial charge in [-0.2, -0.15) is 0 Å². The Morgan fingerprint density at radius 1 is 1.33 bits per heavy atom. The van der Waals surface area contributed by atoms with Gasteiger partial charge in [-0.15, -0.1) is 0 Å². The fraction of sp³-hybridized carbons (Fsp3) is 0.467. The molecule has 114 valence electrons. The molecular weight excluding hydrogens is 272 g/mol. The number of benzene rings is 1. The number of hydrogen-bond acceptors (Lipinski definition) is 3. The number of aromatic carboxylic acids is 1. The molecule has 6 heteroatoms. The van der Waals surface area contributed by atoms with Crippen LogP contribution in [0.25, 0.3) is 0 Å². The lowest BCUT2D eigenvalue weighted by molar-refractivity contribution is 0.0698. The lowest BCUT2D eigenvalue weighted by Gasteiger charge is -2.20. The predicted molar refractivity (Wildman–Crippen MR) is 78.7 cm³/mol. The zero-order chi connectivity index (χ0) is 15.4. The molecule has 2 atom stereocenters. The van der Waals surface area contributed by atoms with Crippen LogP contribution in [0.1, 0.15) is 35.2 Å². The van der Waals surface area contributed by atoms with Gasteiger partial charge in [-0.05, 0) is 37.8 Å². The van der Waals surface area contributed by atoms with Gasteiger partial charge in [-0.3, -0.25) is 0 Å². The number of anilines is 1. The van der Waals surface area contributed by atoms with E-state index in [-0.39, 0.29) is 17.7 Å². The second-order valence-electron chi connectivity index (χ2n) is 5.21. The van der Waals surface area contributed by atoms with Gasteiger partial charge in [0.25, 0.3) is 0 Å². The largest absolute Gasteiger partial charge is 0.478 e. The number of carbonyl (C=O) groups is 2. The lowest BCUT2D eigenvalue weighted by atomic mass is 10.1. The number of rotatable bonds is 4. The number of carboxylic acid groups (broad SMARTS) is 1. The highest BCUT2D eigenvalue weighted by Crippen LogP contribution is 2.23. The van der Waals surface area contributed by atoms with Crippen LogP contribution in [0, 0.1) is 6.92 Å². The Kier molecular flexibility index (Phi) is 4.80. The van der Waals surface area contributed by atoms with E-state index in [1.165, 1.54) is 6.07 Å². The summed E-state index contributed by atoms with van der Waals surface area (Å²) in [5.41, 5.74) is 1.12. The summed E-state index contributed by atoms with van der Waals surface area (Å²) in [5, 5.41) is 14.7. The summed E-state index contributed by atoms with van der Waals surface area (Å²) in [7, 11) is 1.63. The fourth-order valence-electron chi connectivity index (χ4n) is 2.70. The molecule has 0 radical (unpaired) electrons. The van der Waals surface area contributed by atoms with Crippen LogP contribution in [0.15, 0.2) is 18.2 Å². The van der Waals surface area contributed by atoms with Crippen molar-refractivity contribution in [1.29, 1.82) is 0 Å². The first-order valence-corrected chi connectivity index (χ1v) is 6.96. The lowest BCUT2D eigenvalue weighted by Crippen LogP contribution is -2.43. The standard InChI is InChI=1S/C15H20N2O4/c1-9-5-3-6-10(14(18)19)13(9)17-15(20)16-11-7-4-8-12(11)21-2/h3,5-6,11-12H,4,7-8H2,1-2H3,(H,18,19)(H2,16,17,20). The summed E-state index contributed by atoms with van der Waals surface area (Å²) >= 11 is 0. The minimum absolute atomic E-state index is 0.0200. The van der Waals surface area contributed by atoms with E-state index in [9.17, 15) is 14.7 Å². The van der Waals surface area contributed by atoms with Crippen LogP contribution in [-0.4, -0.2) is 36.4 Å². The number of hydrogen-bond donors (Lipinski definition) is 3. The molecule has 2 unspecified atom stereocenters. The molecule has 0 heterocycles. The first kappa shape index (κ1) is 15.3. The maximum absolute atomic E-state index is 12.1. The average molecular weight is 292 g/mol. The molecule has 1 saturated carbocycles. The molecule has 21 heavy (non-hydrogen) atoms. The van der Waals surface area contributed by atoms with E-state index in [2.05, 4.69) is 10.6 Å². The zero-order valence-electron chi connectivity index (χ0n) is 12.2. The molecule has 2 rings (SSSR count). The third kappa shape index (κ3) is 3.52. The molecule has 0 bridgehead atoms. The maximum atomic E-state index is 12.1. The summed E-state index contributed by atoms with van der Waals surface area (Å²) < 4.78 is 5.32. The molecule has 6 nitrogen and oxygen atoms in total. The molecule has 1 fully saturated rings. The van der Waals surface area contributed by atoms with Crippen molar-refractivity contribution in [3.05, 3.63) is 29.3 Å². The van der Waals surface area contributed by atoms with Gasteiger partial charge in [0.15, 0.2) is 0 Å². The molecule has 1 aromatic carbocycles. The Bertz CT molecular complexity index is 544. The van der Waals surface area contributed by atoms with E-state index < -0.39 is 12.0 Å². The number of para-hydroxylation sites is 1. The Morgan fingerprint density at radius 2 is 2.10 bits per heavy atom. The van der Waals surface area contributed by atoms with E-state index in [4.69, 9.17) is 4.74 Å². The normalized spacial score (nSPS) is 21.0. The molecule has 0 saturated heterocycles. The van der Waals surface area contributed by atoms with Crippen molar-refractivity contribution in [2.24, 2.45) is 0 Å². The molecule has 2 amide bonds. The van der Waals surface area contributed by atoms with Crippen LogP contribution in [0.3, 0.4) is 0 Å². The Morgan fingerprint density at radius 3 is 2.76 bits per heavy atom. The van der Waals surface area contributed by atoms with Crippen molar-refractivity contribution < 1.29 is 19.4 Å². The molecule has 0 aliphatic heterocycles. The third-order valence-electron chi connectivity index (χ3n) is 3.81. The minimum atomic E-state index is -1.07. The van der Waals surface area contributed by atoms with Gasteiger partial charge in [0.05, 0.1) is 23.4 Å². The minimum Gasteiger partial charge on any atom is -0.478 e. The zero-order valence-corrected chi connectivity index (χ0v) is 12.2. The monoisotopic (exact) mass is 292 g/mol. The molecule has 3 N–H and O–H groups in total. The van der Waals surface area contributed by atoms with Crippen LogP contribution in [0.2, 0.25) is 0 Å². The van der Waals surface area contributed by atoms with Crippen LogP contribution in [0.4, 0.5) is 10.5 Å². The van der Waals surface area contributed by atoms with Crippen LogP contribution >= 0.6 is 0 Å². The van der Waals surface area contributed by atoms with Crippen molar-refractivity contribution in [3.63, 3.8) is 0 Å². The Balaban J connectivity index is 2.08. The van der Waals surface area contributed by atoms with E-state index in [1.807, 2.05) is 0 Å². The van der Waals surface area contributed by atoms with Crippen molar-refractivity contribution >= 4 is 17.7 Å². The maximum Gasteiger partial charge on any atom is 0.337 e. The second-order valence-corrected chi connectivity index (χ2v) is 5.21. The smallest absolute Gasteiger partial charge is 0.337 e. The molecule has 0 aromatic heterocycles. The molecule has 1 aromatic rings. The number of nitrogens with one attached hydrogen (secondary N) is 2. The number of urea groups is 1. The van der Waals surface area contributed by atoms with E-state index >= 15 is 0 Å². The molecule has 1 aliphatic rings. The predicted octanol–water partition coefficient (Wildman–Crippen LogP) is 2.38. The molecule has 1 aliphatic carbocycles. The van der Waals surface area contributed by atoms with Crippen LogP contribution in [0.5, 0.6) is 0 Å². The summed E-state index contributed by atoms with van der Waals surface area (Å²) in [6.07, 6.45) is 2.82. The van der Waals surface area contributed by atoms with E-state index in [0.29, 0.717) is 11.3 Å². The Labute approximate surface area is 123 Å². The van der Waals surface area contributed by atoms with Gasteiger partial charge in [0.2, 0.25) is 0 Å². The number of methoxy groups -OCH3 is 1. The number of amides is 2. The number of aryl methyl sites for hydroxylation is 1. The number of carboxylic acids is 1. The summed E-state index contributed by atoms with van der Waals surface area (Å²) in [6.45, 7) is 1.76. The average Bonchev–Trinajstić information content (AvgIpc) is 2.87. The van der Waals surface area contributed by atoms with Crippen molar-refractivity contribution in [2.75, 3.05) is 12.4 Å². The molecule has 0 spiro atoms. The molecular formula is C15H20N2O4. The third-order valence-corrected chi connectivity index (χ3v) is 3.81. The van der Waals surface area contributed by atoms with Gasteiger partial charge in [-0.1, -0.05) is 12.1 Å². The topological polar surface area (TPSA) is 87.7 Å². The van der Waals surface area contributed by atoms with Gasteiger partial charge >= 0.3 is 12.0 Å². The first-order chi connectivity index (χ1) is 10.0. The summed E-state index contributed by atoms with van der Waals surface area (Å²) in [4.78, 5) is 23.3. The van der Waals surface area contributed by atoms with Crippen LogP contribution in [-0.2, 0) is 4.74 Å².